The van der Waals surface area contributed by atoms with Crippen molar-refractivity contribution < 1.29 is 68.7 Å². The molecule has 0 radical (unpaired) electrons. The molecule has 1 aliphatic carbocycles. The van der Waals surface area contributed by atoms with Crippen molar-refractivity contribution >= 4 is 29.3 Å². The number of phosphoric ester groups is 3. The van der Waals surface area contributed by atoms with Gasteiger partial charge in [-0.15, -0.1) is 0 Å². The summed E-state index contributed by atoms with van der Waals surface area (Å²) in [7, 11) is -15.0. The van der Waals surface area contributed by atoms with E-state index in [1.54, 1.807) is 194 Å². The lowest BCUT2D eigenvalue weighted by Gasteiger charge is -2.45. The van der Waals surface area contributed by atoms with E-state index in [1.807, 2.05) is 48.5 Å². The highest BCUT2D eigenvalue weighted by Crippen LogP contribution is 2.60. The van der Waals surface area contributed by atoms with Crippen molar-refractivity contribution in [2.24, 2.45) is 0 Å². The fourth-order valence-electron chi connectivity index (χ4n) is 8.35. The summed E-state index contributed by atoms with van der Waals surface area (Å²) >= 11 is 0. The number of hydrogen-bond donors (Lipinski definition) is 0. The van der Waals surface area contributed by atoms with E-state index >= 15 is 18.5 Å². The molecular formula is C62H61O15P3. The van der Waals surface area contributed by atoms with Gasteiger partial charge < -0.3 is 9.47 Å². The molecule has 8 aromatic carbocycles. The molecule has 0 bridgehead atoms. The smallest absolute Gasteiger partial charge is 0.363 e. The average Bonchev–Trinajstić information content (AvgIpc) is 3.56. The minimum atomic E-state index is -5.03. The first-order valence-corrected chi connectivity index (χ1v) is 30.3. The van der Waals surface area contributed by atoms with E-state index < -0.39 is 59.8 Å². The molecule has 1 saturated carbocycles. The third-order valence-corrected chi connectivity index (χ3v) is 16.7. The van der Waals surface area contributed by atoms with Crippen LogP contribution in [0.5, 0.6) is 0 Å². The summed E-state index contributed by atoms with van der Waals surface area (Å²) in [4.78, 5) is 15.9. The van der Waals surface area contributed by atoms with Gasteiger partial charge in [-0.05, 0) is 44.5 Å². The van der Waals surface area contributed by atoms with Gasteiger partial charge in [-0.1, -0.05) is 243 Å². The van der Waals surface area contributed by atoms with Crippen LogP contribution < -0.4 is 0 Å². The predicted octanol–water partition coefficient (Wildman–Crippen LogP) is 14.5. The normalized spacial score (nSPS) is 17.8. The van der Waals surface area contributed by atoms with Crippen LogP contribution in [0, 0.1) is 0 Å². The van der Waals surface area contributed by atoms with E-state index in [-0.39, 0.29) is 52.9 Å². The second-order valence-corrected chi connectivity index (χ2v) is 23.3. The van der Waals surface area contributed by atoms with Crippen LogP contribution in [0.4, 0.5) is 0 Å². The summed E-state index contributed by atoms with van der Waals surface area (Å²) < 4.78 is 118. The van der Waals surface area contributed by atoms with Gasteiger partial charge in [0.2, 0.25) is 0 Å². The average molecular weight is 1140 g/mol. The maximum absolute atomic E-state index is 15.9. The largest absolute Gasteiger partial charge is 0.475 e. The number of carbonyl (C=O) groups excluding carboxylic acids is 1. The summed E-state index contributed by atoms with van der Waals surface area (Å²) in [5, 5.41) is 0. The molecule has 80 heavy (non-hydrogen) atoms. The second kappa shape index (κ2) is 29.4. The van der Waals surface area contributed by atoms with Crippen LogP contribution in [0.1, 0.15) is 44.5 Å². The highest BCUT2D eigenvalue weighted by molar-refractivity contribution is 7.49. The van der Waals surface area contributed by atoms with E-state index in [0.717, 1.165) is 0 Å². The van der Waals surface area contributed by atoms with Gasteiger partial charge in [0.1, 0.15) is 30.5 Å². The van der Waals surface area contributed by atoms with Crippen molar-refractivity contribution in [1.82, 2.24) is 0 Å². The SMILES string of the molecule is O=C1C(OCc2ccccc2)C(OP(=O)(OCc2ccccc2)OCc2ccccc2)C(OP(=O)(OCc2ccccc2)OCc2ccccc2)C(OP(=O)(OCc2ccccc2)OCc2ccccc2)C1OCc1ccccc1. The van der Waals surface area contributed by atoms with Crippen LogP contribution in [-0.2, 0) is 122 Å². The van der Waals surface area contributed by atoms with E-state index in [4.69, 9.17) is 50.2 Å². The Morgan fingerprint density at radius 2 is 0.425 bits per heavy atom. The zero-order chi connectivity index (χ0) is 55.3. The summed E-state index contributed by atoms with van der Waals surface area (Å²) in [5.74, 6) is -0.840. The van der Waals surface area contributed by atoms with Gasteiger partial charge in [0, 0.05) is 0 Å². The molecule has 0 spiro atoms. The Balaban J connectivity index is 1.21. The lowest BCUT2D eigenvalue weighted by molar-refractivity contribution is -0.199. The zero-order valence-corrected chi connectivity index (χ0v) is 46.3. The molecule has 8 aromatic rings. The maximum Gasteiger partial charge on any atom is 0.475 e. The molecule has 0 heterocycles. The molecule has 0 aromatic heterocycles. The van der Waals surface area contributed by atoms with E-state index in [9.17, 15) is 0 Å². The van der Waals surface area contributed by atoms with Crippen molar-refractivity contribution in [2.45, 2.75) is 83.4 Å². The van der Waals surface area contributed by atoms with Gasteiger partial charge >= 0.3 is 23.5 Å². The first-order valence-electron chi connectivity index (χ1n) is 25.9. The summed E-state index contributed by atoms with van der Waals surface area (Å²) in [6.45, 7) is -2.25. The molecule has 0 saturated heterocycles. The minimum absolute atomic E-state index is 0.216. The second-order valence-electron chi connectivity index (χ2n) is 18.4. The third-order valence-electron chi connectivity index (χ3n) is 12.5. The molecule has 4 atom stereocenters. The van der Waals surface area contributed by atoms with Crippen molar-refractivity contribution in [3.05, 3.63) is 287 Å². The molecule has 0 aliphatic heterocycles. The topological polar surface area (TPSA) is 170 Å². The molecule has 9 rings (SSSR count). The predicted molar refractivity (Wildman–Crippen MR) is 300 cm³/mol. The Morgan fingerprint density at radius 3 is 0.625 bits per heavy atom. The number of ether oxygens (including phenoxy) is 2. The van der Waals surface area contributed by atoms with Crippen molar-refractivity contribution in [3.8, 4) is 0 Å². The minimum Gasteiger partial charge on any atom is -0.363 e. The summed E-state index contributed by atoms with van der Waals surface area (Å²) in [6, 6.07) is 71.4. The van der Waals surface area contributed by atoms with Gasteiger partial charge in [-0.3, -0.25) is 45.5 Å². The molecule has 0 N–H and O–H groups in total. The highest BCUT2D eigenvalue weighted by atomic mass is 31.2. The lowest BCUT2D eigenvalue weighted by Crippen LogP contribution is -2.64. The van der Waals surface area contributed by atoms with Crippen molar-refractivity contribution in [1.29, 1.82) is 0 Å². The number of carbonyl (C=O) groups is 1. The monoisotopic (exact) mass is 1140 g/mol. The van der Waals surface area contributed by atoms with Gasteiger partial charge in [-0.25, -0.2) is 13.7 Å². The number of phosphoric acid groups is 3. The van der Waals surface area contributed by atoms with Crippen molar-refractivity contribution in [3.63, 3.8) is 0 Å². The zero-order valence-electron chi connectivity index (χ0n) is 43.6. The van der Waals surface area contributed by atoms with Crippen LogP contribution in [0.25, 0.3) is 0 Å². The number of benzene rings is 8. The maximum atomic E-state index is 15.9. The van der Waals surface area contributed by atoms with Gasteiger partial charge in [0.25, 0.3) is 0 Å². The Bertz CT molecular complexity index is 2940. The van der Waals surface area contributed by atoms with Crippen LogP contribution >= 0.6 is 23.5 Å². The molecular weight excluding hydrogens is 1080 g/mol. The van der Waals surface area contributed by atoms with E-state index in [0.29, 0.717) is 44.5 Å². The van der Waals surface area contributed by atoms with Gasteiger partial charge in [-0.2, -0.15) is 0 Å². The Morgan fingerprint density at radius 1 is 0.250 bits per heavy atom. The standard InChI is InChI=1S/C62H61O15P3/c63-57-58(67-41-49-25-9-1-10-26-49)60(75-78(64,69-43-51-29-13-3-14-30-51)70-44-52-31-15-4-16-32-52)62(77-80(66,73-47-55-37-21-7-22-38-55)74-48-56-39-23-8-24-40-56)61(59(57)68-42-50-27-11-2-12-28-50)76-79(65,71-45-53-33-17-5-18-34-53)72-46-54-35-19-6-20-36-54/h1-40,58-62H,41-48H2. The first-order chi connectivity index (χ1) is 39.1. The number of rotatable bonds is 30. The van der Waals surface area contributed by atoms with Gasteiger partial charge in [0.15, 0.2) is 5.78 Å². The number of hydrogen-bond acceptors (Lipinski definition) is 15. The number of ketones is 1. The lowest BCUT2D eigenvalue weighted by atomic mass is 9.86. The van der Waals surface area contributed by atoms with E-state index in [1.165, 1.54) is 0 Å². The molecule has 414 valence electrons. The molecule has 4 unspecified atom stereocenters. The highest BCUT2D eigenvalue weighted by Gasteiger charge is 2.60. The van der Waals surface area contributed by atoms with Crippen LogP contribution in [0.3, 0.4) is 0 Å². The summed E-state index contributed by atoms with van der Waals surface area (Å²) in [6.07, 6.45) is -9.64. The van der Waals surface area contributed by atoms with E-state index in [2.05, 4.69) is 0 Å². The molecule has 15 nitrogen and oxygen atoms in total. The van der Waals surface area contributed by atoms with Gasteiger partial charge in [0.05, 0.1) is 52.9 Å². The fourth-order valence-corrected chi connectivity index (χ4v) is 12.4. The molecule has 0 amide bonds. The summed E-state index contributed by atoms with van der Waals surface area (Å²) in [5.41, 5.74) is 4.84. The quantitative estimate of drug-likeness (QED) is 0.0389. The van der Waals surface area contributed by atoms with Crippen LogP contribution in [0.2, 0.25) is 0 Å². The molecule has 18 heteroatoms. The first kappa shape index (κ1) is 58.3. The Labute approximate surface area is 466 Å². The fraction of sp³-hybridized carbons (Fsp3) is 0.210. The third kappa shape index (κ3) is 17.6. The molecule has 1 aliphatic rings. The van der Waals surface area contributed by atoms with Crippen molar-refractivity contribution in [2.75, 3.05) is 0 Å². The Hall–Kier alpha value is -6.32. The Kier molecular flexibility index (Phi) is 21.4. The number of Topliss-reactive ketones (excluding diaryl/α,β-unsaturated/α-hetero) is 1. The van der Waals surface area contributed by atoms with Crippen LogP contribution in [0.15, 0.2) is 243 Å². The molecule has 1 fully saturated rings. The van der Waals surface area contributed by atoms with Crippen LogP contribution in [-0.4, -0.2) is 36.3 Å².